The van der Waals surface area contributed by atoms with E-state index in [1.54, 1.807) is 18.4 Å². The van der Waals surface area contributed by atoms with Gasteiger partial charge in [0.2, 0.25) is 5.17 Å². The average molecular weight is 477 g/mol. The number of hydrazone groups is 1. The first-order chi connectivity index (χ1) is 16.1. The Labute approximate surface area is 199 Å². The third-order valence-electron chi connectivity index (χ3n) is 5.20. The maximum atomic E-state index is 12.7. The van der Waals surface area contributed by atoms with Crippen LogP contribution in [0.5, 0.6) is 0 Å². The highest BCUT2D eigenvalue weighted by Gasteiger charge is 2.37. The molecule has 1 atom stereocenters. The van der Waals surface area contributed by atoms with Crippen LogP contribution < -0.4 is 0 Å². The Kier molecular flexibility index (Phi) is 6.06. The number of nitrogens with zero attached hydrogens (tertiary/aromatic N) is 3. The monoisotopic (exact) mass is 476 g/mol. The first kappa shape index (κ1) is 21.5. The number of fused-ring (bicyclic) bond motifs is 1. The second-order valence-corrected chi connectivity index (χ2v) is 9.32. The minimum Gasteiger partial charge on any atom is -0.468 e. The summed E-state index contributed by atoms with van der Waals surface area (Å²) in [4.78, 5) is 16.9. The van der Waals surface area contributed by atoms with E-state index in [0.29, 0.717) is 21.8 Å². The van der Waals surface area contributed by atoms with Gasteiger partial charge >= 0.3 is 0 Å². The Morgan fingerprint density at radius 1 is 1.18 bits per heavy atom. The molecule has 166 valence electrons. The van der Waals surface area contributed by atoms with E-state index < -0.39 is 5.91 Å². The molecule has 5 rings (SSSR count). The van der Waals surface area contributed by atoms with Crippen molar-refractivity contribution in [3.05, 3.63) is 83.5 Å². The summed E-state index contributed by atoms with van der Waals surface area (Å²) in [6.07, 6.45) is 4.04. The van der Waals surface area contributed by atoms with Gasteiger partial charge in [0.15, 0.2) is 10.9 Å². The fourth-order valence-corrected chi connectivity index (χ4v) is 5.42. The molecule has 0 bridgehead atoms. The lowest BCUT2D eigenvalue weighted by Gasteiger charge is -2.19. The standard InChI is InChI=1S/C24H20N4O3S2/c1-2-18(15-7-4-3-5-8-15)23-27-28-21(25)19(22(29)26-24(28)33-23)13-16-10-11-20(31-16)32-14-17-9-6-12-30-17/h3-13,18,25H,2,14H2,1H3/b19-13+,25-21?/t18-/m0/s1. The number of amidine groups is 2. The summed E-state index contributed by atoms with van der Waals surface area (Å²) in [5, 5.41) is 16.6. The van der Waals surface area contributed by atoms with Crippen LogP contribution in [-0.2, 0) is 10.5 Å². The zero-order chi connectivity index (χ0) is 22.8. The molecule has 2 aliphatic heterocycles. The van der Waals surface area contributed by atoms with Gasteiger partial charge in [-0.15, -0.1) is 0 Å². The van der Waals surface area contributed by atoms with Crippen molar-refractivity contribution in [2.45, 2.75) is 30.1 Å². The smallest absolute Gasteiger partial charge is 0.283 e. The van der Waals surface area contributed by atoms with Crippen molar-refractivity contribution < 1.29 is 13.6 Å². The first-order valence-electron chi connectivity index (χ1n) is 10.4. The van der Waals surface area contributed by atoms with Crippen molar-refractivity contribution in [2.75, 3.05) is 0 Å². The summed E-state index contributed by atoms with van der Waals surface area (Å²) >= 11 is 2.84. The molecule has 0 spiro atoms. The van der Waals surface area contributed by atoms with E-state index in [-0.39, 0.29) is 17.3 Å². The van der Waals surface area contributed by atoms with E-state index in [1.165, 1.54) is 28.5 Å². The molecule has 33 heavy (non-hydrogen) atoms. The van der Waals surface area contributed by atoms with Crippen molar-refractivity contribution in [1.29, 1.82) is 5.41 Å². The summed E-state index contributed by atoms with van der Waals surface area (Å²) in [6.45, 7) is 2.10. The first-order valence-corrected chi connectivity index (χ1v) is 12.2. The normalized spacial score (nSPS) is 17.8. The third kappa shape index (κ3) is 4.46. The number of benzene rings is 1. The molecule has 3 aromatic rings. The number of hydrogen-bond donors (Lipinski definition) is 1. The highest BCUT2D eigenvalue weighted by atomic mass is 32.2. The van der Waals surface area contributed by atoms with Gasteiger partial charge in [-0.05, 0) is 54.1 Å². The molecular formula is C24H20N4O3S2. The Bertz CT molecular complexity index is 1280. The summed E-state index contributed by atoms with van der Waals surface area (Å²) in [6, 6.07) is 17.5. The number of hydrogen-bond acceptors (Lipinski definition) is 7. The summed E-state index contributed by atoms with van der Waals surface area (Å²) in [5.41, 5.74) is 1.30. The van der Waals surface area contributed by atoms with Crippen molar-refractivity contribution in [3.8, 4) is 0 Å². The maximum Gasteiger partial charge on any atom is 0.283 e. The Morgan fingerprint density at radius 2 is 2.03 bits per heavy atom. The maximum absolute atomic E-state index is 12.7. The topological polar surface area (TPSA) is 95.2 Å². The van der Waals surface area contributed by atoms with Crippen LogP contribution in [0, 0.1) is 5.41 Å². The van der Waals surface area contributed by atoms with Crippen LogP contribution in [-0.4, -0.2) is 27.0 Å². The van der Waals surface area contributed by atoms with E-state index in [1.807, 2.05) is 36.4 Å². The van der Waals surface area contributed by atoms with E-state index >= 15 is 0 Å². The minimum atomic E-state index is -0.468. The van der Waals surface area contributed by atoms with Gasteiger partial charge in [0.25, 0.3) is 5.91 Å². The van der Waals surface area contributed by atoms with Gasteiger partial charge in [-0.1, -0.05) is 49.0 Å². The third-order valence-corrected chi connectivity index (χ3v) is 7.16. The van der Waals surface area contributed by atoms with Crippen LogP contribution >= 0.6 is 23.5 Å². The lowest BCUT2D eigenvalue weighted by Crippen LogP contribution is -2.35. The number of aliphatic imine (C=N–C) groups is 1. The second-order valence-electron chi connectivity index (χ2n) is 7.35. The molecule has 2 aliphatic rings. The number of nitrogens with one attached hydrogen (secondary N) is 1. The summed E-state index contributed by atoms with van der Waals surface area (Å²) < 4.78 is 11.1. The summed E-state index contributed by atoms with van der Waals surface area (Å²) in [7, 11) is 0. The number of rotatable bonds is 7. The Balaban J connectivity index is 1.35. The van der Waals surface area contributed by atoms with E-state index in [4.69, 9.17) is 14.2 Å². The Hall–Kier alpha value is -3.30. The van der Waals surface area contributed by atoms with Crippen molar-refractivity contribution in [3.63, 3.8) is 0 Å². The van der Waals surface area contributed by atoms with Gasteiger partial charge in [0.1, 0.15) is 16.6 Å². The highest BCUT2D eigenvalue weighted by molar-refractivity contribution is 8.27. The number of furan rings is 2. The quantitative estimate of drug-likeness (QED) is 0.333. The van der Waals surface area contributed by atoms with E-state index in [2.05, 4.69) is 29.2 Å². The van der Waals surface area contributed by atoms with Crippen molar-refractivity contribution in [1.82, 2.24) is 5.01 Å². The molecule has 0 unspecified atom stereocenters. The number of thioether (sulfide) groups is 2. The fraction of sp³-hybridized carbons (Fsp3) is 0.167. The fourth-order valence-electron chi connectivity index (χ4n) is 3.55. The minimum absolute atomic E-state index is 0.00315. The van der Waals surface area contributed by atoms with Crippen LogP contribution in [0.2, 0.25) is 0 Å². The number of carbonyl (C=O) groups is 1. The molecule has 0 fully saturated rings. The van der Waals surface area contributed by atoms with Crippen LogP contribution in [0.4, 0.5) is 0 Å². The van der Waals surface area contributed by atoms with Crippen LogP contribution in [0.15, 0.2) is 90.5 Å². The number of carbonyl (C=O) groups excluding carboxylic acids is 1. The molecule has 9 heteroatoms. The van der Waals surface area contributed by atoms with Gasteiger partial charge in [0.05, 0.1) is 17.6 Å². The lowest BCUT2D eigenvalue weighted by atomic mass is 9.98. The molecular weight excluding hydrogens is 456 g/mol. The van der Waals surface area contributed by atoms with Gasteiger partial charge in [-0.2, -0.15) is 15.1 Å². The molecule has 1 N–H and O–H groups in total. The van der Waals surface area contributed by atoms with Crippen LogP contribution in [0.1, 0.15) is 36.3 Å². The molecule has 0 saturated heterocycles. The predicted molar refractivity (Wildman–Crippen MR) is 131 cm³/mol. The van der Waals surface area contributed by atoms with Crippen molar-refractivity contribution >= 4 is 51.6 Å². The average Bonchev–Trinajstić information content (AvgIpc) is 3.58. The molecule has 1 amide bonds. The van der Waals surface area contributed by atoms with Gasteiger partial charge in [0, 0.05) is 5.92 Å². The second kappa shape index (κ2) is 9.29. The molecule has 2 aromatic heterocycles. The van der Waals surface area contributed by atoms with E-state index in [0.717, 1.165) is 22.8 Å². The molecule has 0 radical (unpaired) electrons. The van der Waals surface area contributed by atoms with Crippen LogP contribution in [0.3, 0.4) is 0 Å². The molecule has 1 aromatic carbocycles. The zero-order valence-corrected chi connectivity index (χ0v) is 19.4. The Morgan fingerprint density at radius 3 is 2.79 bits per heavy atom. The summed E-state index contributed by atoms with van der Waals surface area (Å²) in [5.74, 6) is 1.58. The molecule has 0 aliphatic carbocycles. The molecule has 7 nitrogen and oxygen atoms in total. The molecule has 0 saturated carbocycles. The van der Waals surface area contributed by atoms with E-state index in [9.17, 15) is 4.79 Å². The van der Waals surface area contributed by atoms with Gasteiger partial charge in [-0.3, -0.25) is 10.2 Å². The predicted octanol–water partition coefficient (Wildman–Crippen LogP) is 5.98. The largest absolute Gasteiger partial charge is 0.468 e. The van der Waals surface area contributed by atoms with Crippen molar-refractivity contribution in [2.24, 2.45) is 10.1 Å². The molecule has 4 heterocycles. The SMILES string of the molecule is CC[C@H](C1=NN2C(=N)/C(=C\c3ccc(SCc4ccco4)o3)C(=O)N=C2S1)c1ccccc1. The highest BCUT2D eigenvalue weighted by Crippen LogP contribution is 2.36. The van der Waals surface area contributed by atoms with Gasteiger partial charge < -0.3 is 8.83 Å². The number of amides is 1. The van der Waals surface area contributed by atoms with Gasteiger partial charge in [-0.25, -0.2) is 0 Å². The van der Waals surface area contributed by atoms with Crippen LogP contribution in [0.25, 0.3) is 6.08 Å². The zero-order valence-electron chi connectivity index (χ0n) is 17.7. The lowest BCUT2D eigenvalue weighted by molar-refractivity contribution is -0.114.